The monoisotopic (exact) mass is 459 g/mol. The summed E-state index contributed by atoms with van der Waals surface area (Å²) in [6.45, 7) is 5.24. The van der Waals surface area contributed by atoms with Gasteiger partial charge in [0.2, 0.25) is 11.8 Å². The Hall–Kier alpha value is -2.90. The second kappa shape index (κ2) is 11.6. The van der Waals surface area contributed by atoms with Crippen LogP contribution in [0.2, 0.25) is 5.02 Å². The lowest BCUT2D eigenvalue weighted by Gasteiger charge is -2.31. The van der Waals surface area contributed by atoms with Gasteiger partial charge in [0.15, 0.2) is 0 Å². The van der Waals surface area contributed by atoms with Crippen LogP contribution in [0.4, 0.5) is 0 Å². The molecule has 0 unspecified atom stereocenters. The molecule has 32 heavy (non-hydrogen) atoms. The maximum absolute atomic E-state index is 12.7. The minimum Gasteiger partial charge on any atom is -0.460 e. The summed E-state index contributed by atoms with van der Waals surface area (Å²) in [5, 5.41) is 5.77. The summed E-state index contributed by atoms with van der Waals surface area (Å²) in [5.74, 6) is -1.55. The van der Waals surface area contributed by atoms with Crippen LogP contribution in [0.3, 0.4) is 0 Å². The highest BCUT2D eigenvalue weighted by molar-refractivity contribution is 6.31. The molecule has 0 bridgehead atoms. The Kier molecular flexibility index (Phi) is 9.23. The smallest absolute Gasteiger partial charge is 0.325 e. The zero-order chi connectivity index (χ0) is 23.7. The van der Waals surface area contributed by atoms with E-state index >= 15 is 0 Å². The van der Waals surface area contributed by atoms with Crippen molar-refractivity contribution in [1.29, 1.82) is 0 Å². The molecule has 0 saturated heterocycles. The number of nitrogens with one attached hydrogen (secondary N) is 2. The SMILES string of the molecule is CC(C)(C)[C@H](NC(=O)[C@@H](N)Cc1ccccc1Cl)C(=O)NCC(=O)OCc1ccccc1. The van der Waals surface area contributed by atoms with Gasteiger partial charge in [-0.2, -0.15) is 0 Å². The minimum absolute atomic E-state index is 0.117. The number of ether oxygens (including phenoxy) is 1. The van der Waals surface area contributed by atoms with Crippen LogP contribution in [0.25, 0.3) is 0 Å². The molecular formula is C24H30ClN3O4. The zero-order valence-electron chi connectivity index (χ0n) is 18.6. The van der Waals surface area contributed by atoms with Crippen LogP contribution in [0.15, 0.2) is 54.6 Å². The predicted octanol–water partition coefficient (Wildman–Crippen LogP) is 2.60. The molecule has 0 fully saturated rings. The van der Waals surface area contributed by atoms with Crippen molar-refractivity contribution < 1.29 is 19.1 Å². The van der Waals surface area contributed by atoms with Gasteiger partial charge in [0.25, 0.3) is 0 Å². The van der Waals surface area contributed by atoms with Gasteiger partial charge in [-0.1, -0.05) is 80.9 Å². The quantitative estimate of drug-likeness (QED) is 0.499. The van der Waals surface area contributed by atoms with E-state index in [-0.39, 0.29) is 19.6 Å². The molecule has 0 aliphatic carbocycles. The van der Waals surface area contributed by atoms with E-state index in [1.165, 1.54) is 0 Å². The molecule has 0 aliphatic heterocycles. The largest absolute Gasteiger partial charge is 0.460 e. The second-order valence-electron chi connectivity index (χ2n) is 8.57. The fourth-order valence-electron chi connectivity index (χ4n) is 2.97. The van der Waals surface area contributed by atoms with Gasteiger partial charge < -0.3 is 21.1 Å². The molecule has 2 atom stereocenters. The Morgan fingerprint density at radius 1 is 1.00 bits per heavy atom. The van der Waals surface area contributed by atoms with E-state index < -0.39 is 35.3 Å². The second-order valence-corrected chi connectivity index (χ2v) is 8.98. The Morgan fingerprint density at radius 3 is 2.25 bits per heavy atom. The molecule has 2 aromatic carbocycles. The highest BCUT2D eigenvalue weighted by Crippen LogP contribution is 2.20. The average Bonchev–Trinajstić information content (AvgIpc) is 2.75. The van der Waals surface area contributed by atoms with E-state index in [2.05, 4.69) is 10.6 Å². The molecule has 7 nitrogen and oxygen atoms in total. The summed E-state index contributed by atoms with van der Waals surface area (Å²) >= 11 is 6.14. The molecule has 0 heterocycles. The lowest BCUT2D eigenvalue weighted by Crippen LogP contribution is -2.57. The molecule has 0 aromatic heterocycles. The average molecular weight is 460 g/mol. The van der Waals surface area contributed by atoms with Crippen molar-refractivity contribution in [2.45, 2.75) is 45.9 Å². The standard InChI is InChI=1S/C24H30ClN3O4/c1-24(2,3)21(28-22(30)19(26)13-17-11-7-8-12-18(17)25)23(31)27-14-20(29)32-15-16-9-5-4-6-10-16/h4-12,19,21H,13-15,26H2,1-3H3,(H,27,31)(H,28,30)/t19-,21+/m0/s1. The Bertz CT molecular complexity index is 928. The fraction of sp³-hybridized carbons (Fsp3) is 0.375. The van der Waals surface area contributed by atoms with Crippen molar-refractivity contribution in [3.05, 3.63) is 70.7 Å². The predicted molar refractivity (Wildman–Crippen MR) is 124 cm³/mol. The third-order valence-electron chi connectivity index (χ3n) is 4.80. The number of carbonyl (C=O) groups excluding carboxylic acids is 3. The summed E-state index contributed by atoms with van der Waals surface area (Å²) < 4.78 is 5.17. The maximum Gasteiger partial charge on any atom is 0.325 e. The number of rotatable bonds is 9. The Morgan fingerprint density at radius 2 is 1.62 bits per heavy atom. The lowest BCUT2D eigenvalue weighted by atomic mass is 9.85. The van der Waals surface area contributed by atoms with Crippen LogP contribution in [0, 0.1) is 5.41 Å². The molecule has 0 spiro atoms. The first-order chi connectivity index (χ1) is 15.1. The van der Waals surface area contributed by atoms with Crippen LogP contribution in [-0.2, 0) is 32.1 Å². The van der Waals surface area contributed by atoms with Gasteiger partial charge in [-0.15, -0.1) is 0 Å². The molecule has 0 radical (unpaired) electrons. The third kappa shape index (κ3) is 7.98. The van der Waals surface area contributed by atoms with Gasteiger partial charge in [0.05, 0.1) is 6.04 Å². The lowest BCUT2D eigenvalue weighted by molar-refractivity contribution is -0.145. The van der Waals surface area contributed by atoms with Gasteiger partial charge in [0.1, 0.15) is 19.2 Å². The molecule has 172 valence electrons. The zero-order valence-corrected chi connectivity index (χ0v) is 19.3. The van der Waals surface area contributed by atoms with E-state index in [0.717, 1.165) is 11.1 Å². The third-order valence-corrected chi connectivity index (χ3v) is 5.17. The number of hydrogen-bond acceptors (Lipinski definition) is 5. The van der Waals surface area contributed by atoms with Crippen LogP contribution in [0.1, 0.15) is 31.9 Å². The van der Waals surface area contributed by atoms with Crippen molar-refractivity contribution in [3.8, 4) is 0 Å². The summed E-state index contributed by atoms with van der Waals surface area (Å²) in [6, 6.07) is 14.6. The maximum atomic E-state index is 12.7. The summed E-state index contributed by atoms with van der Waals surface area (Å²) in [4.78, 5) is 37.4. The van der Waals surface area contributed by atoms with Gasteiger partial charge in [-0.25, -0.2) is 0 Å². The highest BCUT2D eigenvalue weighted by atomic mass is 35.5. The van der Waals surface area contributed by atoms with Gasteiger partial charge in [-0.05, 0) is 29.0 Å². The van der Waals surface area contributed by atoms with Crippen LogP contribution < -0.4 is 16.4 Å². The number of benzene rings is 2. The molecule has 2 rings (SSSR count). The van der Waals surface area contributed by atoms with Gasteiger partial charge in [-0.3, -0.25) is 14.4 Å². The van der Waals surface area contributed by atoms with E-state index in [0.29, 0.717) is 5.02 Å². The van der Waals surface area contributed by atoms with Crippen LogP contribution >= 0.6 is 11.6 Å². The van der Waals surface area contributed by atoms with E-state index in [1.54, 1.807) is 18.2 Å². The van der Waals surface area contributed by atoms with E-state index in [9.17, 15) is 14.4 Å². The summed E-state index contributed by atoms with van der Waals surface area (Å²) in [7, 11) is 0. The number of nitrogens with two attached hydrogens (primary N) is 1. The number of hydrogen-bond donors (Lipinski definition) is 3. The molecular weight excluding hydrogens is 430 g/mol. The van der Waals surface area contributed by atoms with E-state index in [4.69, 9.17) is 22.1 Å². The first kappa shape index (κ1) is 25.4. The number of esters is 1. The van der Waals surface area contributed by atoms with Crippen LogP contribution in [-0.4, -0.2) is 36.4 Å². The summed E-state index contributed by atoms with van der Waals surface area (Å²) in [5.41, 5.74) is 7.03. The van der Waals surface area contributed by atoms with Gasteiger partial charge in [0, 0.05) is 5.02 Å². The Balaban J connectivity index is 1.90. The molecule has 4 N–H and O–H groups in total. The van der Waals surface area contributed by atoms with Crippen molar-refractivity contribution >= 4 is 29.4 Å². The number of halogens is 1. The topological polar surface area (TPSA) is 111 Å². The molecule has 8 heteroatoms. The van der Waals surface area contributed by atoms with Crippen molar-refractivity contribution in [3.63, 3.8) is 0 Å². The number of carbonyl (C=O) groups is 3. The minimum atomic E-state index is -0.894. The number of amides is 2. The first-order valence-electron chi connectivity index (χ1n) is 10.3. The first-order valence-corrected chi connectivity index (χ1v) is 10.7. The van der Waals surface area contributed by atoms with Crippen LogP contribution in [0.5, 0.6) is 0 Å². The van der Waals surface area contributed by atoms with Crippen molar-refractivity contribution in [1.82, 2.24) is 10.6 Å². The molecule has 0 aliphatic rings. The van der Waals surface area contributed by atoms with Gasteiger partial charge >= 0.3 is 5.97 Å². The molecule has 2 aromatic rings. The summed E-state index contributed by atoms with van der Waals surface area (Å²) in [6.07, 6.45) is 0.232. The Labute approximate surface area is 193 Å². The fourth-order valence-corrected chi connectivity index (χ4v) is 3.18. The van der Waals surface area contributed by atoms with Crippen molar-refractivity contribution in [2.75, 3.05) is 6.54 Å². The molecule has 2 amide bonds. The molecule has 0 saturated carbocycles. The normalized spacial score (nSPS) is 13.0. The van der Waals surface area contributed by atoms with Crippen molar-refractivity contribution in [2.24, 2.45) is 11.1 Å². The highest BCUT2D eigenvalue weighted by Gasteiger charge is 2.34. The van der Waals surface area contributed by atoms with E-state index in [1.807, 2.05) is 57.2 Å².